The summed E-state index contributed by atoms with van der Waals surface area (Å²) in [6.07, 6.45) is 9.33. The standard InChI is InChI=1S/C34H39F2N5O/c1-25-2-11-31(32(36)18-25)34(42,22-41-24-37-23-38-41)21-40-17-16-33(20-40)14-12-30(13-15-33)39-29-9-5-27(6-10-29)19-26-3-7-28(35)8-4-26/h2-11,18,23-24,30,39,42H,12-17,19-22H2,1H3. The van der Waals surface area contributed by atoms with Crippen molar-refractivity contribution in [2.45, 2.75) is 63.6 Å². The molecule has 2 aliphatic rings. The van der Waals surface area contributed by atoms with E-state index in [2.05, 4.69) is 44.6 Å². The van der Waals surface area contributed by atoms with Crippen LogP contribution in [0, 0.1) is 24.0 Å². The van der Waals surface area contributed by atoms with Crippen molar-refractivity contribution in [3.8, 4) is 0 Å². The van der Waals surface area contributed by atoms with Crippen molar-refractivity contribution in [3.05, 3.63) is 113 Å². The van der Waals surface area contributed by atoms with Crippen LogP contribution in [0.2, 0.25) is 0 Å². The Morgan fingerprint density at radius 2 is 1.67 bits per heavy atom. The van der Waals surface area contributed by atoms with E-state index in [9.17, 15) is 9.50 Å². The molecule has 1 saturated heterocycles. The Kier molecular flexibility index (Phi) is 8.10. The number of hydrogen-bond donors (Lipinski definition) is 2. The van der Waals surface area contributed by atoms with E-state index in [1.54, 1.807) is 17.1 Å². The quantitative estimate of drug-likeness (QED) is 0.255. The zero-order valence-electron chi connectivity index (χ0n) is 24.1. The van der Waals surface area contributed by atoms with Crippen molar-refractivity contribution in [2.24, 2.45) is 5.41 Å². The molecule has 0 amide bonds. The molecule has 8 heteroatoms. The largest absolute Gasteiger partial charge is 0.382 e. The number of aliphatic hydroxyl groups is 1. The van der Waals surface area contributed by atoms with Crippen LogP contribution in [0.3, 0.4) is 0 Å². The second kappa shape index (κ2) is 11.9. The van der Waals surface area contributed by atoms with Gasteiger partial charge in [0.2, 0.25) is 0 Å². The molecule has 1 spiro atoms. The Balaban J connectivity index is 1.05. The Labute approximate surface area is 246 Å². The van der Waals surface area contributed by atoms with Crippen LogP contribution >= 0.6 is 0 Å². The molecule has 6 nitrogen and oxygen atoms in total. The zero-order chi connectivity index (χ0) is 29.2. The fourth-order valence-electron chi connectivity index (χ4n) is 6.91. The first kappa shape index (κ1) is 28.5. The average Bonchev–Trinajstić information content (AvgIpc) is 3.62. The molecule has 3 aromatic carbocycles. The fraction of sp³-hybridized carbons (Fsp3) is 0.412. The zero-order valence-corrected chi connectivity index (χ0v) is 24.1. The number of aromatic nitrogens is 3. The molecular formula is C34H39F2N5O. The molecule has 1 aliphatic heterocycles. The highest BCUT2D eigenvalue weighted by molar-refractivity contribution is 5.46. The summed E-state index contributed by atoms with van der Waals surface area (Å²) in [5.74, 6) is -0.596. The molecule has 220 valence electrons. The third kappa shape index (κ3) is 6.55. The van der Waals surface area contributed by atoms with Crippen molar-refractivity contribution < 1.29 is 13.9 Å². The van der Waals surface area contributed by atoms with Gasteiger partial charge >= 0.3 is 0 Å². The van der Waals surface area contributed by atoms with Gasteiger partial charge in [0.25, 0.3) is 0 Å². The lowest BCUT2D eigenvalue weighted by Crippen LogP contribution is -2.45. The number of β-amino-alcohol motifs (C(OH)–C–C–N with tert-alkyl or cyclic N) is 1. The first-order chi connectivity index (χ1) is 20.3. The molecule has 42 heavy (non-hydrogen) atoms. The summed E-state index contributed by atoms with van der Waals surface area (Å²) in [5, 5.41) is 19.8. The number of aryl methyl sites for hydroxylation is 1. The smallest absolute Gasteiger partial charge is 0.137 e. The number of anilines is 1. The van der Waals surface area contributed by atoms with Gasteiger partial charge in [0.05, 0.1) is 6.54 Å². The van der Waals surface area contributed by atoms with Crippen LogP contribution in [0.25, 0.3) is 0 Å². The molecule has 6 rings (SSSR count). The van der Waals surface area contributed by atoms with Crippen LogP contribution in [0.5, 0.6) is 0 Å². The van der Waals surface area contributed by atoms with Gasteiger partial charge in [-0.3, -0.25) is 4.90 Å². The minimum absolute atomic E-state index is 0.144. The molecule has 0 bridgehead atoms. The molecular weight excluding hydrogens is 532 g/mol. The molecule has 2 heterocycles. The van der Waals surface area contributed by atoms with Gasteiger partial charge in [0, 0.05) is 30.4 Å². The van der Waals surface area contributed by atoms with Crippen LogP contribution in [-0.4, -0.2) is 50.4 Å². The summed E-state index contributed by atoms with van der Waals surface area (Å²) in [5.41, 5.74) is 3.38. The van der Waals surface area contributed by atoms with Gasteiger partial charge in [-0.05, 0) is 104 Å². The summed E-state index contributed by atoms with van der Waals surface area (Å²) < 4.78 is 29.9. The van der Waals surface area contributed by atoms with Gasteiger partial charge in [-0.2, -0.15) is 5.10 Å². The summed E-state index contributed by atoms with van der Waals surface area (Å²) in [6.45, 7) is 4.14. The van der Waals surface area contributed by atoms with Gasteiger partial charge in [0.1, 0.15) is 29.9 Å². The van der Waals surface area contributed by atoms with Crippen LogP contribution < -0.4 is 5.32 Å². The number of nitrogens with one attached hydrogen (secondary N) is 1. The van der Waals surface area contributed by atoms with Crippen LogP contribution in [0.4, 0.5) is 14.5 Å². The number of nitrogens with zero attached hydrogens (tertiary/aromatic N) is 4. The fourth-order valence-corrected chi connectivity index (χ4v) is 6.91. The molecule has 4 aromatic rings. The van der Waals surface area contributed by atoms with Gasteiger partial charge in [-0.15, -0.1) is 0 Å². The summed E-state index contributed by atoms with van der Waals surface area (Å²) in [6, 6.07) is 20.7. The lowest BCUT2D eigenvalue weighted by Gasteiger charge is -2.39. The predicted octanol–water partition coefficient (Wildman–Crippen LogP) is 6.09. The van der Waals surface area contributed by atoms with E-state index >= 15 is 4.39 Å². The van der Waals surface area contributed by atoms with E-state index in [0.717, 1.165) is 68.4 Å². The van der Waals surface area contributed by atoms with E-state index in [1.165, 1.54) is 30.1 Å². The van der Waals surface area contributed by atoms with Gasteiger partial charge in [-0.1, -0.05) is 36.4 Å². The van der Waals surface area contributed by atoms with Crippen molar-refractivity contribution in [3.63, 3.8) is 0 Å². The molecule has 1 aliphatic carbocycles. The van der Waals surface area contributed by atoms with Gasteiger partial charge in [0.15, 0.2) is 0 Å². The van der Waals surface area contributed by atoms with Crippen LogP contribution in [0.1, 0.15) is 54.4 Å². The first-order valence-corrected chi connectivity index (χ1v) is 14.9. The molecule has 0 radical (unpaired) electrons. The Morgan fingerprint density at radius 1 is 0.952 bits per heavy atom. The number of hydrogen-bond acceptors (Lipinski definition) is 5. The highest BCUT2D eigenvalue weighted by Gasteiger charge is 2.44. The number of rotatable bonds is 9. The monoisotopic (exact) mass is 571 g/mol. The lowest BCUT2D eigenvalue weighted by atomic mass is 9.72. The number of benzene rings is 3. The van der Waals surface area contributed by atoms with Crippen LogP contribution in [-0.2, 0) is 18.6 Å². The highest BCUT2D eigenvalue weighted by atomic mass is 19.1. The van der Waals surface area contributed by atoms with Crippen LogP contribution in [0.15, 0.2) is 79.4 Å². The van der Waals surface area contributed by atoms with Crippen molar-refractivity contribution >= 4 is 5.69 Å². The van der Waals surface area contributed by atoms with Gasteiger partial charge < -0.3 is 10.4 Å². The van der Waals surface area contributed by atoms with E-state index in [1.807, 2.05) is 25.1 Å². The highest BCUT2D eigenvalue weighted by Crippen LogP contribution is 2.45. The Morgan fingerprint density at radius 3 is 2.33 bits per heavy atom. The lowest BCUT2D eigenvalue weighted by molar-refractivity contribution is -0.0195. The van der Waals surface area contributed by atoms with E-state index < -0.39 is 5.60 Å². The maximum absolute atomic E-state index is 15.1. The second-order valence-electron chi connectivity index (χ2n) is 12.5. The second-order valence-corrected chi connectivity index (χ2v) is 12.5. The molecule has 1 aromatic heterocycles. The number of likely N-dealkylation sites (tertiary alicyclic amines) is 1. The Bertz CT molecular complexity index is 1470. The molecule has 1 unspecified atom stereocenters. The minimum Gasteiger partial charge on any atom is -0.382 e. The maximum Gasteiger partial charge on any atom is 0.137 e. The third-order valence-corrected chi connectivity index (χ3v) is 9.21. The average molecular weight is 572 g/mol. The SMILES string of the molecule is Cc1ccc(C(O)(CN2CCC3(CCC(Nc4ccc(Cc5ccc(F)cc5)cc4)CC3)C2)Cn2cncn2)c(F)c1. The van der Waals surface area contributed by atoms with Crippen molar-refractivity contribution in [1.29, 1.82) is 0 Å². The molecule has 1 atom stereocenters. The maximum atomic E-state index is 15.1. The Hall–Kier alpha value is -3.62. The first-order valence-electron chi connectivity index (χ1n) is 14.9. The summed E-state index contributed by atoms with van der Waals surface area (Å²) in [4.78, 5) is 6.32. The van der Waals surface area contributed by atoms with E-state index in [-0.39, 0.29) is 23.6 Å². The normalized spacial score (nSPS) is 22.3. The van der Waals surface area contributed by atoms with E-state index in [4.69, 9.17) is 0 Å². The van der Waals surface area contributed by atoms with E-state index in [0.29, 0.717) is 18.2 Å². The third-order valence-electron chi connectivity index (χ3n) is 9.21. The van der Waals surface area contributed by atoms with Crippen molar-refractivity contribution in [2.75, 3.05) is 25.0 Å². The molecule has 1 saturated carbocycles. The summed E-state index contributed by atoms with van der Waals surface area (Å²) >= 11 is 0. The summed E-state index contributed by atoms with van der Waals surface area (Å²) in [7, 11) is 0. The molecule has 2 N–H and O–H groups in total. The number of halogens is 2. The van der Waals surface area contributed by atoms with Gasteiger partial charge in [-0.25, -0.2) is 18.4 Å². The molecule has 2 fully saturated rings. The van der Waals surface area contributed by atoms with Crippen molar-refractivity contribution in [1.82, 2.24) is 19.7 Å². The predicted molar refractivity (Wildman–Crippen MR) is 160 cm³/mol. The topological polar surface area (TPSA) is 66.2 Å². The minimum atomic E-state index is -1.42.